The smallest absolute Gasteiger partial charge is 0.178 e. The Bertz CT molecular complexity index is 1910. The van der Waals surface area contributed by atoms with Crippen LogP contribution in [0.15, 0.2) is 127 Å². The molecule has 2 N–H and O–H groups in total. The molecule has 0 spiro atoms. The first-order valence-electron chi connectivity index (χ1n) is 13.0. The molecule has 6 nitrogen and oxygen atoms in total. The van der Waals surface area contributed by atoms with Gasteiger partial charge in [-0.25, -0.2) is 15.0 Å². The Kier molecular flexibility index (Phi) is 5.89. The molecule has 0 bridgehead atoms. The van der Waals surface area contributed by atoms with Crippen molar-refractivity contribution in [3.05, 3.63) is 133 Å². The van der Waals surface area contributed by atoms with E-state index in [4.69, 9.17) is 15.0 Å². The molecule has 2 aromatic heterocycles. The van der Waals surface area contributed by atoms with Gasteiger partial charge in [0.25, 0.3) is 0 Å². The van der Waals surface area contributed by atoms with Gasteiger partial charge in [-0.15, -0.1) is 0 Å². The standard InChI is InChI=1S/C34H24N4O2/c39-34(40)25-17-20-30-28(21-25)27-13-7-8-14-29(27)38(30)26-18-15-24(16-19-26)33-36-31(22-9-3-1-4-10-22)35-32(37-33)23-11-5-2-6-12-23/h1-21,34,39-40H. The number of benzene rings is 5. The molecule has 0 aliphatic carbocycles. The van der Waals surface area contributed by atoms with E-state index >= 15 is 0 Å². The Hall–Kier alpha value is -5.17. The van der Waals surface area contributed by atoms with Crippen molar-refractivity contribution < 1.29 is 10.2 Å². The molecule has 0 atom stereocenters. The fourth-order valence-electron chi connectivity index (χ4n) is 5.13. The second-order valence-corrected chi connectivity index (χ2v) is 9.59. The van der Waals surface area contributed by atoms with E-state index in [9.17, 15) is 10.2 Å². The average Bonchev–Trinajstić information content (AvgIpc) is 3.35. The maximum Gasteiger partial charge on any atom is 0.178 e. The highest BCUT2D eigenvalue weighted by Gasteiger charge is 2.16. The first kappa shape index (κ1) is 23.9. The minimum absolute atomic E-state index is 0.462. The summed E-state index contributed by atoms with van der Waals surface area (Å²) in [5.74, 6) is 1.85. The molecule has 0 aliphatic rings. The second-order valence-electron chi connectivity index (χ2n) is 9.59. The third-order valence-corrected chi connectivity index (χ3v) is 7.08. The minimum atomic E-state index is -1.52. The van der Waals surface area contributed by atoms with Crippen LogP contribution in [0, 0.1) is 0 Å². The van der Waals surface area contributed by atoms with Crippen molar-refractivity contribution in [3.63, 3.8) is 0 Å². The number of aliphatic hydroxyl groups is 2. The fraction of sp³-hybridized carbons (Fsp3) is 0.0294. The Labute approximate surface area is 230 Å². The Morgan fingerprint density at radius 3 is 1.55 bits per heavy atom. The molecular weight excluding hydrogens is 496 g/mol. The molecule has 6 heteroatoms. The number of fused-ring (bicyclic) bond motifs is 3. The van der Waals surface area contributed by atoms with Crippen LogP contribution in [-0.2, 0) is 0 Å². The first-order chi connectivity index (χ1) is 19.7. The van der Waals surface area contributed by atoms with Gasteiger partial charge in [0.2, 0.25) is 0 Å². The van der Waals surface area contributed by atoms with Gasteiger partial charge in [-0.1, -0.05) is 84.9 Å². The Balaban J connectivity index is 1.36. The van der Waals surface area contributed by atoms with Gasteiger partial charge in [-0.2, -0.15) is 0 Å². The lowest BCUT2D eigenvalue weighted by Gasteiger charge is -2.11. The van der Waals surface area contributed by atoms with Crippen molar-refractivity contribution >= 4 is 21.8 Å². The highest BCUT2D eigenvalue weighted by atomic mass is 16.5. The lowest BCUT2D eigenvalue weighted by atomic mass is 10.1. The number of hydrogen-bond donors (Lipinski definition) is 2. The fourth-order valence-corrected chi connectivity index (χ4v) is 5.13. The zero-order valence-electron chi connectivity index (χ0n) is 21.4. The molecule has 0 fully saturated rings. The van der Waals surface area contributed by atoms with E-state index in [-0.39, 0.29) is 0 Å². The van der Waals surface area contributed by atoms with Gasteiger partial charge >= 0.3 is 0 Å². The van der Waals surface area contributed by atoms with Crippen LogP contribution in [-0.4, -0.2) is 29.7 Å². The van der Waals surface area contributed by atoms with Gasteiger partial charge < -0.3 is 14.8 Å². The van der Waals surface area contributed by atoms with Crippen molar-refractivity contribution in [2.75, 3.05) is 0 Å². The van der Waals surface area contributed by atoms with Crippen molar-refractivity contribution in [2.24, 2.45) is 0 Å². The van der Waals surface area contributed by atoms with Gasteiger partial charge in [0.05, 0.1) is 11.0 Å². The zero-order chi connectivity index (χ0) is 27.1. The Morgan fingerprint density at radius 2 is 0.975 bits per heavy atom. The highest BCUT2D eigenvalue weighted by molar-refractivity contribution is 6.09. The SMILES string of the molecule is OC(O)c1ccc2c(c1)c1ccccc1n2-c1ccc(-c2nc(-c3ccccc3)nc(-c3ccccc3)n2)cc1. The van der Waals surface area contributed by atoms with Crippen molar-refractivity contribution in [3.8, 4) is 39.9 Å². The third-order valence-electron chi connectivity index (χ3n) is 7.08. The summed E-state index contributed by atoms with van der Waals surface area (Å²) in [6.07, 6.45) is -1.52. The minimum Gasteiger partial charge on any atom is -0.364 e. The molecular formula is C34H24N4O2. The number of hydrogen-bond acceptors (Lipinski definition) is 5. The van der Waals surface area contributed by atoms with E-state index in [1.165, 1.54) is 0 Å². The van der Waals surface area contributed by atoms with E-state index in [2.05, 4.69) is 28.8 Å². The van der Waals surface area contributed by atoms with Gasteiger partial charge in [0, 0.05) is 38.7 Å². The summed E-state index contributed by atoms with van der Waals surface area (Å²) in [4.78, 5) is 14.5. The second kappa shape index (κ2) is 9.85. The van der Waals surface area contributed by atoms with Crippen LogP contribution < -0.4 is 0 Å². The summed E-state index contributed by atoms with van der Waals surface area (Å²) in [5.41, 5.74) is 6.20. The monoisotopic (exact) mass is 520 g/mol. The maximum absolute atomic E-state index is 9.73. The van der Waals surface area contributed by atoms with Crippen LogP contribution in [0.25, 0.3) is 61.7 Å². The van der Waals surface area contributed by atoms with E-state index in [0.29, 0.717) is 23.0 Å². The molecule has 192 valence electrons. The van der Waals surface area contributed by atoms with Gasteiger partial charge in [-0.3, -0.25) is 0 Å². The summed E-state index contributed by atoms with van der Waals surface area (Å²) < 4.78 is 2.18. The van der Waals surface area contributed by atoms with Crippen LogP contribution >= 0.6 is 0 Å². The van der Waals surface area contributed by atoms with E-state index in [1.54, 1.807) is 6.07 Å². The molecule has 0 unspecified atom stereocenters. The lowest BCUT2D eigenvalue weighted by molar-refractivity contribution is -0.0423. The van der Waals surface area contributed by atoms with Crippen LogP contribution in [0.1, 0.15) is 11.9 Å². The molecule has 40 heavy (non-hydrogen) atoms. The normalized spacial score (nSPS) is 11.5. The molecule has 0 saturated carbocycles. The number of para-hydroxylation sites is 1. The van der Waals surface area contributed by atoms with Crippen LogP contribution in [0.3, 0.4) is 0 Å². The molecule has 5 aromatic carbocycles. The molecule has 0 amide bonds. The van der Waals surface area contributed by atoms with E-state index < -0.39 is 6.29 Å². The number of nitrogens with zero attached hydrogens (tertiary/aromatic N) is 4. The topological polar surface area (TPSA) is 84.1 Å². The lowest BCUT2D eigenvalue weighted by Crippen LogP contribution is -2.00. The summed E-state index contributed by atoms with van der Waals surface area (Å²) in [5, 5.41) is 21.5. The molecule has 0 saturated heterocycles. The zero-order valence-corrected chi connectivity index (χ0v) is 21.4. The van der Waals surface area contributed by atoms with E-state index in [1.807, 2.05) is 97.1 Å². The molecule has 7 rings (SSSR count). The Morgan fingerprint density at radius 1 is 0.475 bits per heavy atom. The van der Waals surface area contributed by atoms with Crippen LogP contribution in [0.5, 0.6) is 0 Å². The number of aromatic nitrogens is 4. The molecule has 0 aliphatic heterocycles. The van der Waals surface area contributed by atoms with Crippen molar-refractivity contribution in [1.29, 1.82) is 0 Å². The first-order valence-corrected chi connectivity index (χ1v) is 13.0. The van der Waals surface area contributed by atoms with Gasteiger partial charge in [0.1, 0.15) is 0 Å². The molecule has 2 heterocycles. The average molecular weight is 521 g/mol. The van der Waals surface area contributed by atoms with Crippen LogP contribution in [0.2, 0.25) is 0 Å². The summed E-state index contributed by atoms with van der Waals surface area (Å²) in [6.45, 7) is 0. The predicted molar refractivity (Wildman–Crippen MR) is 158 cm³/mol. The van der Waals surface area contributed by atoms with E-state index in [0.717, 1.165) is 44.2 Å². The molecule has 7 aromatic rings. The van der Waals surface area contributed by atoms with Gasteiger partial charge in [-0.05, 0) is 42.5 Å². The largest absolute Gasteiger partial charge is 0.364 e. The summed E-state index contributed by atoms with van der Waals surface area (Å²) in [6, 6.07) is 41.7. The summed E-state index contributed by atoms with van der Waals surface area (Å²) >= 11 is 0. The summed E-state index contributed by atoms with van der Waals surface area (Å²) in [7, 11) is 0. The van der Waals surface area contributed by atoms with Crippen molar-refractivity contribution in [1.82, 2.24) is 19.5 Å². The van der Waals surface area contributed by atoms with Crippen LogP contribution in [0.4, 0.5) is 0 Å². The number of rotatable bonds is 5. The highest BCUT2D eigenvalue weighted by Crippen LogP contribution is 2.34. The third kappa shape index (κ3) is 4.22. The predicted octanol–water partition coefficient (Wildman–Crippen LogP) is 6.95. The number of aliphatic hydroxyl groups excluding tert-OH is 1. The molecule has 0 radical (unpaired) electrons. The maximum atomic E-state index is 9.73. The van der Waals surface area contributed by atoms with Crippen molar-refractivity contribution in [2.45, 2.75) is 6.29 Å². The quantitative estimate of drug-likeness (QED) is 0.240. The van der Waals surface area contributed by atoms with Gasteiger partial charge in [0.15, 0.2) is 23.8 Å².